The van der Waals surface area contributed by atoms with E-state index in [4.69, 9.17) is 4.42 Å². The molecule has 1 N–H and O–H groups in total. The van der Waals surface area contributed by atoms with Crippen LogP contribution in [-0.2, 0) is 0 Å². The summed E-state index contributed by atoms with van der Waals surface area (Å²) in [5, 5.41) is 3.15. The fourth-order valence-corrected chi connectivity index (χ4v) is 3.95. The first-order chi connectivity index (χ1) is 12.7. The molecule has 5 heteroatoms. The second-order valence-electron chi connectivity index (χ2n) is 7.53. The summed E-state index contributed by atoms with van der Waals surface area (Å²) in [7, 11) is 0. The molecule has 2 heterocycles. The van der Waals surface area contributed by atoms with Crippen LogP contribution >= 0.6 is 0 Å². The minimum atomic E-state index is -0.124. The number of nitrogens with one attached hydrogen (secondary N) is 1. The first kappa shape index (κ1) is 17.3. The standard InChI is InChI=1S/C21H27N3O2/c1-3-18(15-7-5-4-6-8-15)24-12-11-17(13-24)23-20(25)19-14(2)22-21(26-19)16-9-10-16/h4-8,16-18H,3,9-13H2,1-2H3,(H,23,25)/t17-,18?/m1/s1. The average Bonchev–Trinajstić information content (AvgIpc) is 3.28. The van der Waals surface area contributed by atoms with Crippen molar-refractivity contribution >= 4 is 5.91 Å². The first-order valence-corrected chi connectivity index (χ1v) is 9.73. The van der Waals surface area contributed by atoms with Gasteiger partial charge in [-0.05, 0) is 38.2 Å². The van der Waals surface area contributed by atoms with Crippen molar-refractivity contribution in [2.75, 3.05) is 13.1 Å². The molecule has 1 aromatic carbocycles. The number of hydrogen-bond donors (Lipinski definition) is 1. The smallest absolute Gasteiger partial charge is 0.289 e. The third-order valence-corrected chi connectivity index (χ3v) is 5.51. The first-order valence-electron chi connectivity index (χ1n) is 9.73. The van der Waals surface area contributed by atoms with Gasteiger partial charge in [0.2, 0.25) is 5.76 Å². The van der Waals surface area contributed by atoms with Crippen molar-refractivity contribution in [2.24, 2.45) is 0 Å². The molecular weight excluding hydrogens is 326 g/mol. The van der Waals surface area contributed by atoms with Crippen molar-refractivity contribution in [3.05, 3.63) is 53.2 Å². The Morgan fingerprint density at radius 1 is 1.31 bits per heavy atom. The summed E-state index contributed by atoms with van der Waals surface area (Å²) in [6.45, 7) is 5.96. The molecule has 0 spiro atoms. The molecule has 5 nitrogen and oxygen atoms in total. The number of hydrogen-bond acceptors (Lipinski definition) is 4. The van der Waals surface area contributed by atoms with Crippen molar-refractivity contribution in [1.29, 1.82) is 0 Å². The van der Waals surface area contributed by atoms with E-state index in [1.807, 2.05) is 6.92 Å². The summed E-state index contributed by atoms with van der Waals surface area (Å²) < 4.78 is 5.74. The molecule has 1 saturated heterocycles. The highest BCUT2D eigenvalue weighted by Gasteiger charge is 2.33. The number of likely N-dealkylation sites (tertiary alicyclic amines) is 1. The zero-order valence-electron chi connectivity index (χ0n) is 15.6. The Morgan fingerprint density at radius 2 is 2.08 bits per heavy atom. The molecule has 138 valence electrons. The number of benzene rings is 1. The maximum absolute atomic E-state index is 12.6. The van der Waals surface area contributed by atoms with Crippen LogP contribution in [0, 0.1) is 6.92 Å². The van der Waals surface area contributed by atoms with Gasteiger partial charge in [0.05, 0.1) is 5.69 Å². The fourth-order valence-electron chi connectivity index (χ4n) is 3.95. The Labute approximate surface area is 154 Å². The van der Waals surface area contributed by atoms with Crippen LogP contribution in [0.5, 0.6) is 0 Å². The Balaban J connectivity index is 1.38. The molecule has 2 atom stereocenters. The topological polar surface area (TPSA) is 58.4 Å². The summed E-state index contributed by atoms with van der Waals surface area (Å²) in [5.74, 6) is 1.42. The van der Waals surface area contributed by atoms with Gasteiger partial charge >= 0.3 is 0 Å². The van der Waals surface area contributed by atoms with Crippen LogP contribution in [-0.4, -0.2) is 34.9 Å². The normalized spacial score (nSPS) is 21.7. The van der Waals surface area contributed by atoms with Gasteiger partial charge in [-0.1, -0.05) is 37.3 Å². The number of carbonyl (C=O) groups excluding carboxylic acids is 1. The van der Waals surface area contributed by atoms with Crippen LogP contribution in [0.2, 0.25) is 0 Å². The lowest BCUT2D eigenvalue weighted by molar-refractivity contribution is 0.0905. The van der Waals surface area contributed by atoms with Crippen molar-refractivity contribution in [2.45, 2.75) is 57.5 Å². The molecule has 1 unspecified atom stereocenters. The second-order valence-corrected chi connectivity index (χ2v) is 7.53. The molecule has 1 aliphatic carbocycles. The van der Waals surface area contributed by atoms with E-state index in [-0.39, 0.29) is 11.9 Å². The minimum absolute atomic E-state index is 0.124. The van der Waals surface area contributed by atoms with E-state index in [1.54, 1.807) is 0 Å². The quantitative estimate of drug-likeness (QED) is 0.858. The predicted octanol–water partition coefficient (Wildman–Crippen LogP) is 3.82. The second kappa shape index (κ2) is 7.23. The maximum atomic E-state index is 12.6. The summed E-state index contributed by atoms with van der Waals surface area (Å²) in [4.78, 5) is 19.5. The molecule has 2 aromatic rings. The SMILES string of the molecule is CCC(c1ccccc1)N1CC[C@@H](NC(=O)c2oc(C3CC3)nc2C)C1. The van der Waals surface area contributed by atoms with E-state index in [1.165, 1.54) is 5.56 Å². The summed E-state index contributed by atoms with van der Waals surface area (Å²) in [6.07, 6.45) is 4.28. The van der Waals surface area contributed by atoms with Crippen LogP contribution in [0.3, 0.4) is 0 Å². The van der Waals surface area contributed by atoms with Gasteiger partial charge in [-0.25, -0.2) is 4.98 Å². The lowest BCUT2D eigenvalue weighted by Gasteiger charge is -2.27. The van der Waals surface area contributed by atoms with Crippen molar-refractivity contribution in [1.82, 2.24) is 15.2 Å². The highest BCUT2D eigenvalue weighted by atomic mass is 16.4. The minimum Gasteiger partial charge on any atom is -0.435 e. The van der Waals surface area contributed by atoms with E-state index >= 15 is 0 Å². The Morgan fingerprint density at radius 3 is 2.77 bits per heavy atom. The van der Waals surface area contributed by atoms with Crippen LogP contribution in [0.4, 0.5) is 0 Å². The van der Waals surface area contributed by atoms with Crippen molar-refractivity contribution in [3.63, 3.8) is 0 Å². The van der Waals surface area contributed by atoms with Crippen LogP contribution in [0.1, 0.15) is 72.3 Å². The highest BCUT2D eigenvalue weighted by Crippen LogP contribution is 2.40. The molecule has 2 aliphatic rings. The summed E-state index contributed by atoms with van der Waals surface area (Å²) in [5.41, 5.74) is 2.05. The zero-order chi connectivity index (χ0) is 18.1. The lowest BCUT2D eigenvalue weighted by Crippen LogP contribution is -2.38. The van der Waals surface area contributed by atoms with Gasteiger partial charge in [-0.15, -0.1) is 0 Å². The predicted molar refractivity (Wildman–Crippen MR) is 100 cm³/mol. The van der Waals surface area contributed by atoms with Crippen LogP contribution < -0.4 is 5.32 Å². The molecule has 26 heavy (non-hydrogen) atoms. The third kappa shape index (κ3) is 3.54. The number of oxazole rings is 1. The van der Waals surface area contributed by atoms with Gasteiger partial charge in [0, 0.05) is 31.1 Å². The van der Waals surface area contributed by atoms with Crippen LogP contribution in [0.25, 0.3) is 0 Å². The molecule has 2 fully saturated rings. The van der Waals surface area contributed by atoms with Gasteiger partial charge in [0.1, 0.15) is 0 Å². The Hall–Kier alpha value is -2.14. The zero-order valence-corrected chi connectivity index (χ0v) is 15.6. The number of aromatic nitrogens is 1. The fraction of sp³-hybridized carbons (Fsp3) is 0.524. The number of carbonyl (C=O) groups is 1. The molecule has 1 amide bonds. The van der Waals surface area contributed by atoms with Crippen LogP contribution in [0.15, 0.2) is 34.7 Å². The van der Waals surface area contributed by atoms with E-state index in [0.717, 1.165) is 44.7 Å². The van der Waals surface area contributed by atoms with Gasteiger partial charge in [-0.3, -0.25) is 9.69 Å². The Kier molecular flexibility index (Phi) is 4.81. The lowest BCUT2D eigenvalue weighted by atomic mass is 10.0. The van der Waals surface area contributed by atoms with E-state index in [9.17, 15) is 4.79 Å². The van der Waals surface area contributed by atoms with Gasteiger partial charge in [0.25, 0.3) is 5.91 Å². The number of nitrogens with zero attached hydrogens (tertiary/aromatic N) is 2. The molecule has 0 bridgehead atoms. The molecule has 1 aliphatic heterocycles. The van der Waals surface area contributed by atoms with Gasteiger partial charge in [-0.2, -0.15) is 0 Å². The molecule has 4 rings (SSSR count). The third-order valence-electron chi connectivity index (χ3n) is 5.51. The summed E-state index contributed by atoms with van der Waals surface area (Å²) >= 11 is 0. The van der Waals surface area contributed by atoms with Gasteiger partial charge < -0.3 is 9.73 Å². The maximum Gasteiger partial charge on any atom is 0.289 e. The molecular formula is C21H27N3O2. The van der Waals surface area contributed by atoms with E-state index in [2.05, 4.69) is 52.5 Å². The summed E-state index contributed by atoms with van der Waals surface area (Å²) in [6, 6.07) is 11.2. The largest absolute Gasteiger partial charge is 0.435 e. The molecule has 1 saturated carbocycles. The number of amides is 1. The van der Waals surface area contributed by atoms with Crippen molar-refractivity contribution < 1.29 is 9.21 Å². The highest BCUT2D eigenvalue weighted by molar-refractivity contribution is 5.92. The van der Waals surface area contributed by atoms with Gasteiger partial charge in [0.15, 0.2) is 5.89 Å². The average molecular weight is 353 g/mol. The number of aryl methyl sites for hydroxylation is 1. The van der Waals surface area contributed by atoms with Crippen molar-refractivity contribution in [3.8, 4) is 0 Å². The molecule has 0 radical (unpaired) electrons. The molecule has 1 aromatic heterocycles. The number of rotatable bonds is 6. The Bertz CT molecular complexity index is 767. The van der Waals surface area contributed by atoms with E-state index in [0.29, 0.717) is 23.4 Å². The monoisotopic (exact) mass is 353 g/mol. The van der Waals surface area contributed by atoms with E-state index < -0.39 is 0 Å².